The van der Waals surface area contributed by atoms with Crippen LogP contribution in [0, 0.1) is 0 Å². The Labute approximate surface area is 117 Å². The first-order valence-electron chi connectivity index (χ1n) is 6.74. The molecular formula is C16H24O2Si. The molecule has 2 nitrogen and oxygen atoms in total. The maximum Gasteiger partial charge on any atom is 0.302 e. The van der Waals surface area contributed by atoms with Crippen LogP contribution in [-0.2, 0) is 9.53 Å². The van der Waals surface area contributed by atoms with E-state index in [0.717, 1.165) is 6.42 Å². The summed E-state index contributed by atoms with van der Waals surface area (Å²) in [7, 11) is -1.57. The quantitative estimate of drug-likeness (QED) is 0.608. The number of allylic oxidation sites excluding steroid dienone is 1. The van der Waals surface area contributed by atoms with E-state index in [-0.39, 0.29) is 12.1 Å². The summed E-state index contributed by atoms with van der Waals surface area (Å²) in [5.74, 6) is -0.210. The molecule has 0 saturated heterocycles. The standard InChI is InChI=1S/C16H24O2Si/c1-13(18-15(3)17)11-12-14(2)19(4,5)16-9-7-6-8-10-16/h6-10,12-13H,11H2,1-5H3/b14-12+/t13-/m1/s1. The van der Waals surface area contributed by atoms with Crippen LogP contribution < -0.4 is 5.19 Å². The Kier molecular flexibility index (Phi) is 5.55. The fourth-order valence-corrected chi connectivity index (χ4v) is 4.12. The van der Waals surface area contributed by atoms with Crippen LogP contribution in [-0.4, -0.2) is 20.1 Å². The Morgan fingerprint density at radius 2 is 1.84 bits per heavy atom. The highest BCUT2D eigenvalue weighted by molar-refractivity contribution is 6.95. The topological polar surface area (TPSA) is 26.3 Å². The number of esters is 1. The van der Waals surface area contributed by atoms with Gasteiger partial charge in [-0.15, -0.1) is 0 Å². The summed E-state index contributed by atoms with van der Waals surface area (Å²) in [6.07, 6.45) is 2.97. The molecule has 0 aliphatic carbocycles. The molecule has 0 amide bonds. The number of hydrogen-bond donors (Lipinski definition) is 0. The first-order chi connectivity index (χ1) is 8.84. The van der Waals surface area contributed by atoms with E-state index in [0.29, 0.717) is 0 Å². The van der Waals surface area contributed by atoms with Gasteiger partial charge >= 0.3 is 5.97 Å². The predicted molar refractivity (Wildman–Crippen MR) is 83.2 cm³/mol. The van der Waals surface area contributed by atoms with Gasteiger partial charge in [0.25, 0.3) is 0 Å². The highest BCUT2D eigenvalue weighted by Crippen LogP contribution is 2.16. The number of rotatable bonds is 5. The highest BCUT2D eigenvalue weighted by atomic mass is 28.3. The third-order valence-electron chi connectivity index (χ3n) is 3.60. The van der Waals surface area contributed by atoms with Crippen LogP contribution in [0.2, 0.25) is 13.1 Å². The van der Waals surface area contributed by atoms with Crippen molar-refractivity contribution in [1.29, 1.82) is 0 Å². The molecule has 0 fully saturated rings. The van der Waals surface area contributed by atoms with Crippen molar-refractivity contribution in [2.75, 3.05) is 0 Å². The molecule has 3 heteroatoms. The number of benzene rings is 1. The van der Waals surface area contributed by atoms with Crippen LogP contribution in [0.3, 0.4) is 0 Å². The lowest BCUT2D eigenvalue weighted by Crippen LogP contribution is -2.42. The smallest absolute Gasteiger partial charge is 0.302 e. The first kappa shape index (κ1) is 15.7. The summed E-state index contributed by atoms with van der Waals surface area (Å²) in [6.45, 7) is 10.3. The van der Waals surface area contributed by atoms with E-state index in [1.54, 1.807) is 0 Å². The van der Waals surface area contributed by atoms with Gasteiger partial charge in [0.1, 0.15) is 14.2 Å². The Balaban J connectivity index is 2.75. The predicted octanol–water partition coefficient (Wildman–Crippen LogP) is 3.43. The van der Waals surface area contributed by atoms with Gasteiger partial charge in [-0.2, -0.15) is 0 Å². The molecule has 1 rings (SSSR count). The van der Waals surface area contributed by atoms with Crippen molar-refractivity contribution < 1.29 is 9.53 Å². The summed E-state index contributed by atoms with van der Waals surface area (Å²) in [5, 5.41) is 2.86. The monoisotopic (exact) mass is 276 g/mol. The van der Waals surface area contributed by atoms with Crippen molar-refractivity contribution in [1.82, 2.24) is 0 Å². The molecule has 0 spiro atoms. The lowest BCUT2D eigenvalue weighted by atomic mass is 10.2. The SMILES string of the molecule is CC(=O)O[C@H](C)C/C=C(\C)[Si](C)(C)c1ccccc1. The molecule has 0 saturated carbocycles. The van der Waals surface area contributed by atoms with E-state index in [4.69, 9.17) is 4.74 Å². The molecular weight excluding hydrogens is 252 g/mol. The third kappa shape index (κ3) is 4.67. The minimum Gasteiger partial charge on any atom is -0.463 e. The average Bonchev–Trinajstić information content (AvgIpc) is 2.36. The maximum absolute atomic E-state index is 10.9. The van der Waals surface area contributed by atoms with Crippen LogP contribution in [0.4, 0.5) is 0 Å². The van der Waals surface area contributed by atoms with Gasteiger partial charge in [-0.05, 0) is 13.8 Å². The zero-order valence-electron chi connectivity index (χ0n) is 12.6. The maximum atomic E-state index is 10.9. The Hall–Kier alpha value is -1.35. The van der Waals surface area contributed by atoms with Crippen LogP contribution in [0.15, 0.2) is 41.6 Å². The molecule has 0 aliphatic heterocycles. The molecule has 1 aromatic carbocycles. The second kappa shape index (κ2) is 6.71. The van der Waals surface area contributed by atoms with Crippen LogP contribution in [0.1, 0.15) is 27.2 Å². The Morgan fingerprint density at radius 3 is 2.37 bits per heavy atom. The van der Waals surface area contributed by atoms with E-state index < -0.39 is 8.07 Å². The van der Waals surface area contributed by atoms with Gasteiger partial charge in [-0.1, -0.05) is 59.9 Å². The largest absolute Gasteiger partial charge is 0.463 e. The molecule has 0 heterocycles. The molecule has 1 atom stereocenters. The Bertz CT molecular complexity index is 449. The third-order valence-corrected chi connectivity index (χ3v) is 7.56. The van der Waals surface area contributed by atoms with E-state index in [2.05, 4.69) is 56.4 Å². The van der Waals surface area contributed by atoms with Gasteiger partial charge in [0.05, 0.1) is 0 Å². The van der Waals surface area contributed by atoms with Crippen molar-refractivity contribution >= 4 is 19.2 Å². The molecule has 1 aromatic rings. The summed E-state index contributed by atoms with van der Waals surface area (Å²) < 4.78 is 5.15. The molecule has 0 unspecified atom stereocenters. The van der Waals surface area contributed by atoms with E-state index >= 15 is 0 Å². The zero-order chi connectivity index (χ0) is 14.5. The van der Waals surface area contributed by atoms with Gasteiger partial charge in [0.15, 0.2) is 0 Å². The molecule has 0 radical (unpaired) electrons. The van der Waals surface area contributed by atoms with Crippen molar-refractivity contribution in [3.8, 4) is 0 Å². The second-order valence-corrected chi connectivity index (χ2v) is 10.1. The number of hydrogen-bond acceptors (Lipinski definition) is 2. The number of carbonyl (C=O) groups is 1. The molecule has 0 bridgehead atoms. The van der Waals surface area contributed by atoms with E-state index in [1.165, 1.54) is 17.3 Å². The zero-order valence-corrected chi connectivity index (χ0v) is 13.6. The Morgan fingerprint density at radius 1 is 1.26 bits per heavy atom. The molecule has 19 heavy (non-hydrogen) atoms. The van der Waals surface area contributed by atoms with Crippen molar-refractivity contribution in [2.24, 2.45) is 0 Å². The minimum atomic E-state index is -1.57. The fourth-order valence-electron chi connectivity index (χ4n) is 2.01. The highest BCUT2D eigenvalue weighted by Gasteiger charge is 2.25. The molecule has 0 N–H and O–H groups in total. The summed E-state index contributed by atoms with van der Waals surface area (Å²) >= 11 is 0. The fraction of sp³-hybridized carbons (Fsp3) is 0.438. The summed E-state index contributed by atoms with van der Waals surface area (Å²) in [5.41, 5.74) is 0. The van der Waals surface area contributed by atoms with Gasteiger partial charge in [-0.25, -0.2) is 0 Å². The molecule has 0 aliphatic rings. The van der Waals surface area contributed by atoms with Gasteiger partial charge in [0.2, 0.25) is 0 Å². The molecule has 0 aromatic heterocycles. The lowest BCUT2D eigenvalue weighted by Gasteiger charge is -2.24. The van der Waals surface area contributed by atoms with Crippen molar-refractivity contribution in [3.05, 3.63) is 41.6 Å². The number of carbonyl (C=O) groups excluding carboxylic acids is 1. The van der Waals surface area contributed by atoms with Crippen molar-refractivity contribution in [3.63, 3.8) is 0 Å². The van der Waals surface area contributed by atoms with E-state index in [9.17, 15) is 4.79 Å². The molecule has 104 valence electrons. The van der Waals surface area contributed by atoms with E-state index in [1.807, 2.05) is 6.92 Å². The van der Waals surface area contributed by atoms with Crippen LogP contribution in [0.5, 0.6) is 0 Å². The van der Waals surface area contributed by atoms with Gasteiger partial charge in [-0.3, -0.25) is 4.79 Å². The minimum absolute atomic E-state index is 0.0481. The van der Waals surface area contributed by atoms with Crippen LogP contribution >= 0.6 is 0 Å². The van der Waals surface area contributed by atoms with Gasteiger partial charge < -0.3 is 4.74 Å². The second-order valence-electron chi connectivity index (χ2n) is 5.53. The lowest BCUT2D eigenvalue weighted by molar-refractivity contribution is -0.145. The number of ether oxygens (including phenoxy) is 1. The van der Waals surface area contributed by atoms with Crippen LogP contribution in [0.25, 0.3) is 0 Å². The normalized spacial score (nSPS) is 14.1. The summed E-state index contributed by atoms with van der Waals surface area (Å²) in [6, 6.07) is 10.7. The summed E-state index contributed by atoms with van der Waals surface area (Å²) in [4.78, 5) is 10.9. The van der Waals surface area contributed by atoms with Gasteiger partial charge in [0, 0.05) is 13.3 Å². The van der Waals surface area contributed by atoms with Crippen molar-refractivity contribution in [2.45, 2.75) is 46.4 Å². The first-order valence-corrected chi connectivity index (χ1v) is 9.74. The average molecular weight is 276 g/mol.